The van der Waals surface area contributed by atoms with Crippen molar-refractivity contribution in [3.8, 4) is 0 Å². The number of anilines is 2. The lowest BCUT2D eigenvalue weighted by Gasteiger charge is -2.27. The van der Waals surface area contributed by atoms with Crippen molar-refractivity contribution in [3.63, 3.8) is 0 Å². The summed E-state index contributed by atoms with van der Waals surface area (Å²) in [5.74, 6) is -1.10. The molecule has 0 aromatic carbocycles. The molecule has 27 heteroatoms. The van der Waals surface area contributed by atoms with Crippen LogP contribution < -0.4 is 17.0 Å². The van der Waals surface area contributed by atoms with E-state index in [0.29, 0.717) is 0 Å². The zero-order chi connectivity index (χ0) is 35.5. The number of phosphoric ester groups is 2. The number of nitrogens with zero attached hydrogens (tertiary/aromatic N) is 7. The van der Waals surface area contributed by atoms with E-state index in [0.717, 1.165) is 24.1 Å². The number of fused-ring (bicyclic) bond motifs is 5. The molecule has 2 bridgehead atoms. The summed E-state index contributed by atoms with van der Waals surface area (Å²) in [5.41, 5.74) is 10.8. The Balaban J connectivity index is 1.25. The molecule has 10 atom stereocenters. The summed E-state index contributed by atoms with van der Waals surface area (Å²) < 4.78 is 73.4. The number of hydrogen-bond donors (Lipinski definition) is 6. The molecule has 50 heavy (non-hydrogen) atoms. The minimum absolute atomic E-state index is 0.0201. The molecule has 0 spiro atoms. The maximum absolute atomic E-state index is 14.2. The molecule has 3 aliphatic heterocycles. The zero-order valence-corrected chi connectivity index (χ0v) is 27.2. The number of aliphatic hydroxyl groups excluding tert-OH is 2. The molecule has 7 heterocycles. The van der Waals surface area contributed by atoms with E-state index in [1.807, 2.05) is 0 Å². The van der Waals surface area contributed by atoms with Crippen LogP contribution in [0.5, 0.6) is 0 Å². The Kier molecular flexibility index (Phi) is 8.95. The molecule has 0 amide bonds. The van der Waals surface area contributed by atoms with Crippen LogP contribution in [-0.4, -0.2) is 117 Å². The number of carbonyl (C=O) groups is 1. The van der Waals surface area contributed by atoms with Gasteiger partial charge in [0.2, 0.25) is 12.7 Å². The van der Waals surface area contributed by atoms with Crippen molar-refractivity contribution in [2.45, 2.75) is 56.0 Å². The molecule has 4 unspecified atom stereocenters. The Hall–Kier alpha value is -3.97. The normalized spacial score (nSPS) is 35.0. The van der Waals surface area contributed by atoms with Crippen LogP contribution >= 0.6 is 15.6 Å². The van der Waals surface area contributed by atoms with Crippen LogP contribution in [0.15, 0.2) is 23.8 Å². The first-order valence-electron chi connectivity index (χ1n) is 14.4. The van der Waals surface area contributed by atoms with Gasteiger partial charge in [-0.1, -0.05) is 0 Å². The van der Waals surface area contributed by atoms with Crippen molar-refractivity contribution in [2.75, 3.05) is 31.5 Å². The van der Waals surface area contributed by atoms with Crippen LogP contribution in [0.25, 0.3) is 22.3 Å². The van der Waals surface area contributed by atoms with Crippen molar-refractivity contribution in [3.05, 3.63) is 29.3 Å². The van der Waals surface area contributed by atoms with Gasteiger partial charge in [-0.05, 0) is 0 Å². The molecule has 4 aromatic heterocycles. The highest BCUT2D eigenvalue weighted by molar-refractivity contribution is 7.48. The van der Waals surface area contributed by atoms with Crippen LogP contribution in [0.3, 0.4) is 0 Å². The van der Waals surface area contributed by atoms with Gasteiger partial charge in [0.05, 0.1) is 25.9 Å². The van der Waals surface area contributed by atoms with Crippen LogP contribution in [0.4, 0.5) is 11.8 Å². The van der Waals surface area contributed by atoms with Crippen molar-refractivity contribution in [1.29, 1.82) is 0 Å². The summed E-state index contributed by atoms with van der Waals surface area (Å²) in [7, 11) is -10.1. The fraction of sp³-hybridized carbons (Fsp3) is 0.522. The van der Waals surface area contributed by atoms with E-state index in [2.05, 4.69) is 29.9 Å². The minimum Gasteiger partial charge on any atom is -0.438 e. The highest BCUT2D eigenvalue weighted by atomic mass is 31.2. The maximum Gasteiger partial charge on any atom is 0.478 e. The fourth-order valence-electron chi connectivity index (χ4n) is 5.53. The number of rotatable bonds is 5. The van der Waals surface area contributed by atoms with E-state index in [1.54, 1.807) is 0 Å². The quantitative estimate of drug-likeness (QED) is 0.0745. The number of esters is 1. The minimum atomic E-state index is -5.12. The Labute approximate surface area is 277 Å². The topological polar surface area (TPSA) is 345 Å². The summed E-state index contributed by atoms with van der Waals surface area (Å²) in [6.45, 7) is -1.58. The van der Waals surface area contributed by atoms with Crippen LogP contribution in [0, 0.1) is 0 Å². The fourth-order valence-corrected chi connectivity index (χ4v) is 7.73. The van der Waals surface area contributed by atoms with Crippen molar-refractivity contribution < 1.29 is 65.9 Å². The van der Waals surface area contributed by atoms with Crippen LogP contribution in [-0.2, 0) is 50.8 Å². The Morgan fingerprint density at radius 1 is 0.960 bits per heavy atom. The number of hydrogen-bond acceptors (Lipinski definition) is 21. The average molecular weight is 746 g/mol. The van der Waals surface area contributed by atoms with Crippen LogP contribution in [0.2, 0.25) is 0 Å². The Bertz CT molecular complexity index is 2090. The molecule has 7 rings (SSSR count). The zero-order valence-electron chi connectivity index (χ0n) is 25.4. The molecule has 3 saturated heterocycles. The lowest BCUT2D eigenvalue weighted by molar-refractivity contribution is -0.149. The van der Waals surface area contributed by atoms with E-state index < -0.39 is 96.3 Å². The molecule has 0 radical (unpaired) electrons. The van der Waals surface area contributed by atoms with Gasteiger partial charge in [-0.3, -0.25) is 41.8 Å². The number of nitrogens with two attached hydrogens (primary N) is 2. The highest BCUT2D eigenvalue weighted by Gasteiger charge is 2.54. The van der Waals surface area contributed by atoms with E-state index in [-0.39, 0.29) is 34.1 Å². The van der Waals surface area contributed by atoms with Gasteiger partial charge in [0.15, 0.2) is 35.1 Å². The third-order valence-electron chi connectivity index (χ3n) is 7.79. The second kappa shape index (κ2) is 13.0. The van der Waals surface area contributed by atoms with Gasteiger partial charge in [-0.15, -0.1) is 0 Å². The first-order valence-corrected chi connectivity index (χ1v) is 17.4. The van der Waals surface area contributed by atoms with Gasteiger partial charge in [0.1, 0.15) is 48.5 Å². The molecule has 4 aromatic rings. The molecule has 25 nitrogen and oxygen atoms in total. The second-order valence-electron chi connectivity index (χ2n) is 11.0. The average Bonchev–Trinajstić information content (AvgIpc) is 3.80. The third kappa shape index (κ3) is 6.38. The predicted molar refractivity (Wildman–Crippen MR) is 159 cm³/mol. The standard InChI is InChI=1S/C23H28N10O15P2/c1-8(34)41-7-44-50(40)43-3-10-15(14(36)21(46-10)32-5-28-11-17(24)26-4-27-18(11)32)47-49(38,39)42-2-9-13(35)16(48-50)22(45-9)33-6-29-12-19(33)30-23(25)31-20(12)37/h4-6,9-10,13-16,21-22,35-36H,2-3,7H2,1H3,(H,38,39)(H2,24,26,27)(H3,25,30,31,37)/t9-,10-,13?,14?,15+,16+,21-,22-,50?/m1/s1. The van der Waals surface area contributed by atoms with Gasteiger partial charge in [-0.2, -0.15) is 4.98 Å². The van der Waals surface area contributed by atoms with E-state index in [1.165, 1.54) is 10.9 Å². The van der Waals surface area contributed by atoms with Gasteiger partial charge >= 0.3 is 21.6 Å². The Morgan fingerprint density at radius 3 is 2.42 bits per heavy atom. The number of H-pyrrole nitrogens is 1. The summed E-state index contributed by atoms with van der Waals surface area (Å²) >= 11 is 0. The van der Waals surface area contributed by atoms with Crippen molar-refractivity contribution in [2.24, 2.45) is 0 Å². The lowest BCUT2D eigenvalue weighted by atomic mass is 10.1. The number of carbonyl (C=O) groups excluding carboxylic acids is 1. The number of aromatic nitrogens is 8. The molecular weight excluding hydrogens is 718 g/mol. The lowest BCUT2D eigenvalue weighted by Crippen LogP contribution is -2.36. The number of phosphoric acid groups is 2. The third-order valence-corrected chi connectivity index (χ3v) is 10.2. The Morgan fingerprint density at radius 2 is 1.66 bits per heavy atom. The largest absolute Gasteiger partial charge is 0.478 e. The molecule has 8 N–H and O–H groups in total. The maximum atomic E-state index is 14.2. The van der Waals surface area contributed by atoms with Crippen molar-refractivity contribution >= 4 is 55.7 Å². The summed E-state index contributed by atoms with van der Waals surface area (Å²) in [6, 6.07) is 0. The monoisotopic (exact) mass is 746 g/mol. The van der Waals surface area contributed by atoms with E-state index in [9.17, 15) is 33.8 Å². The first kappa shape index (κ1) is 34.5. The summed E-state index contributed by atoms with van der Waals surface area (Å²) in [5, 5.41) is 22.6. The van der Waals surface area contributed by atoms with Crippen molar-refractivity contribution in [1.82, 2.24) is 39.0 Å². The van der Waals surface area contributed by atoms with E-state index >= 15 is 0 Å². The molecule has 0 saturated carbocycles. The molecule has 0 aliphatic carbocycles. The molecular formula is C23H28N10O15P2. The molecule has 270 valence electrons. The predicted octanol–water partition coefficient (Wildman–Crippen LogP) is -1.80. The number of aromatic amines is 1. The smallest absolute Gasteiger partial charge is 0.438 e. The van der Waals surface area contributed by atoms with Gasteiger partial charge < -0.3 is 40.8 Å². The number of imidazole rings is 2. The van der Waals surface area contributed by atoms with Crippen LogP contribution in [0.1, 0.15) is 19.4 Å². The highest BCUT2D eigenvalue weighted by Crippen LogP contribution is 2.56. The number of ether oxygens (including phenoxy) is 3. The second-order valence-corrected chi connectivity index (χ2v) is 14.0. The van der Waals surface area contributed by atoms with Gasteiger partial charge in [0, 0.05) is 6.92 Å². The number of aliphatic hydroxyl groups is 2. The summed E-state index contributed by atoms with van der Waals surface area (Å²) in [4.78, 5) is 57.0. The molecule has 3 aliphatic rings. The summed E-state index contributed by atoms with van der Waals surface area (Å²) in [6.07, 6.45) is -9.47. The van der Waals surface area contributed by atoms with E-state index in [4.69, 9.17) is 48.3 Å². The van der Waals surface area contributed by atoms with Gasteiger partial charge in [-0.25, -0.2) is 33.6 Å². The SMILES string of the molecule is CC(=O)OCOP1(=O)OC[C@H]2O[C@@H](n3cnc4c(N)ncnc43)C(O)[C@H]2OP(=O)(O)OC[C@H]2O[C@@H](n3cnc4c(=O)[nH]c(N)nc43)[C@@H](O1)C2O. The van der Waals surface area contributed by atoms with Gasteiger partial charge in [0.25, 0.3) is 5.56 Å². The molecule has 3 fully saturated rings. The number of nitrogens with one attached hydrogen (secondary N) is 1. The number of nitrogen functional groups attached to an aromatic ring is 2. The first-order chi connectivity index (χ1) is 23.7.